The van der Waals surface area contributed by atoms with Crippen LogP contribution in [0.25, 0.3) is 0 Å². The summed E-state index contributed by atoms with van der Waals surface area (Å²) >= 11 is 6.21. The van der Waals surface area contributed by atoms with Crippen molar-refractivity contribution in [2.75, 3.05) is 6.61 Å². The first-order chi connectivity index (χ1) is 8.38. The average Bonchev–Trinajstić information content (AvgIpc) is 2.32. The molecule has 0 saturated heterocycles. The van der Waals surface area contributed by atoms with Gasteiger partial charge in [0.25, 0.3) is 0 Å². The molecule has 100 valence electrons. The number of Topliss-reactive ketones (excluding diaryl/α,β-unsaturated/α-hetero) is 1. The molecule has 0 aliphatic heterocycles. The normalized spacial score (nSPS) is 10.8. The number of carbonyl (C=O) groups excluding carboxylic acids is 1. The molecule has 1 rings (SSSR count). The van der Waals surface area contributed by atoms with Gasteiger partial charge >= 0.3 is 0 Å². The largest absolute Gasteiger partial charge is 0.493 e. The summed E-state index contributed by atoms with van der Waals surface area (Å²) < 4.78 is 5.76. The van der Waals surface area contributed by atoms with Crippen LogP contribution in [0.4, 0.5) is 0 Å². The van der Waals surface area contributed by atoms with E-state index in [1.165, 1.54) is 0 Å². The van der Waals surface area contributed by atoms with E-state index >= 15 is 0 Å². The number of carbonyl (C=O) groups is 1. The summed E-state index contributed by atoms with van der Waals surface area (Å²) in [6.45, 7) is 10.4. The van der Waals surface area contributed by atoms with Gasteiger partial charge in [-0.2, -0.15) is 0 Å². The minimum absolute atomic E-state index is 0.0770. The van der Waals surface area contributed by atoms with Crippen molar-refractivity contribution in [2.24, 2.45) is 5.92 Å². The Bertz CT molecular complexity index is 450. The first-order valence-corrected chi connectivity index (χ1v) is 6.71. The third-order valence-corrected chi connectivity index (χ3v) is 3.40. The zero-order chi connectivity index (χ0) is 13.9. The first kappa shape index (κ1) is 15.0. The van der Waals surface area contributed by atoms with Gasteiger partial charge in [-0.05, 0) is 37.0 Å². The number of hydrogen-bond acceptors (Lipinski definition) is 2. The highest BCUT2D eigenvalue weighted by molar-refractivity contribution is 6.32. The van der Waals surface area contributed by atoms with Gasteiger partial charge in [0.2, 0.25) is 0 Å². The molecule has 0 saturated carbocycles. The molecule has 1 aromatic rings. The van der Waals surface area contributed by atoms with Gasteiger partial charge in [0.15, 0.2) is 5.78 Å². The van der Waals surface area contributed by atoms with Crippen LogP contribution in [0.3, 0.4) is 0 Å². The lowest BCUT2D eigenvalue weighted by Gasteiger charge is -2.16. The van der Waals surface area contributed by atoms with Crippen LogP contribution < -0.4 is 4.74 Å². The van der Waals surface area contributed by atoms with Crippen molar-refractivity contribution in [3.63, 3.8) is 0 Å². The Balaban J connectivity index is 3.25. The van der Waals surface area contributed by atoms with Crippen LogP contribution in [-0.2, 0) is 0 Å². The van der Waals surface area contributed by atoms with Gasteiger partial charge < -0.3 is 4.74 Å². The quantitative estimate of drug-likeness (QED) is 0.731. The third-order valence-electron chi connectivity index (χ3n) is 2.82. The summed E-state index contributed by atoms with van der Waals surface area (Å²) in [7, 11) is 0. The lowest BCUT2D eigenvalue weighted by atomic mass is 9.99. The Kier molecular flexibility index (Phi) is 5.21. The third kappa shape index (κ3) is 3.26. The lowest BCUT2D eigenvalue weighted by Crippen LogP contribution is -2.10. The fourth-order valence-electron chi connectivity index (χ4n) is 1.82. The average molecular weight is 269 g/mol. The van der Waals surface area contributed by atoms with E-state index in [1.807, 2.05) is 26.8 Å². The second-order valence-electron chi connectivity index (χ2n) is 4.99. The zero-order valence-corrected chi connectivity index (χ0v) is 12.5. The summed E-state index contributed by atoms with van der Waals surface area (Å²) in [4.78, 5) is 12.0. The van der Waals surface area contributed by atoms with Crippen LogP contribution in [0.5, 0.6) is 5.75 Å². The molecule has 0 aliphatic rings. The van der Waals surface area contributed by atoms with E-state index in [1.54, 1.807) is 0 Å². The molecule has 0 spiro atoms. The van der Waals surface area contributed by atoms with E-state index in [-0.39, 0.29) is 5.78 Å². The van der Waals surface area contributed by atoms with E-state index in [0.717, 1.165) is 11.1 Å². The molecule has 0 N–H and O–H groups in total. The molecule has 18 heavy (non-hydrogen) atoms. The fraction of sp³-hybridized carbons (Fsp3) is 0.533. The summed E-state index contributed by atoms with van der Waals surface area (Å²) in [5.74, 6) is 1.16. The van der Waals surface area contributed by atoms with Gasteiger partial charge in [-0.25, -0.2) is 0 Å². The van der Waals surface area contributed by atoms with E-state index in [2.05, 4.69) is 13.8 Å². The number of ether oxygens (including phenoxy) is 1. The molecule has 0 unspecified atom stereocenters. The number of rotatable bonds is 5. The zero-order valence-electron chi connectivity index (χ0n) is 11.8. The SMILES string of the molecule is CCC(=O)c1c(OCC(C)C)cc(C)c(Cl)c1C. The molecule has 0 bridgehead atoms. The van der Waals surface area contributed by atoms with Gasteiger partial charge in [-0.15, -0.1) is 0 Å². The number of halogens is 1. The van der Waals surface area contributed by atoms with Crippen molar-refractivity contribution in [2.45, 2.75) is 41.0 Å². The van der Waals surface area contributed by atoms with Crippen LogP contribution in [0.15, 0.2) is 6.07 Å². The maximum atomic E-state index is 12.0. The highest BCUT2D eigenvalue weighted by Gasteiger charge is 2.18. The molecule has 2 nitrogen and oxygen atoms in total. The predicted octanol–water partition coefficient (Wildman–Crippen LogP) is 4.58. The summed E-state index contributed by atoms with van der Waals surface area (Å²) in [5.41, 5.74) is 2.40. The standard InChI is InChI=1S/C15H21ClO2/c1-6-12(17)14-11(5)15(16)10(4)7-13(14)18-8-9(2)3/h7,9H,6,8H2,1-5H3. The lowest BCUT2D eigenvalue weighted by molar-refractivity contribution is 0.0982. The van der Waals surface area contributed by atoms with Crippen molar-refractivity contribution in [1.82, 2.24) is 0 Å². The van der Waals surface area contributed by atoms with Gasteiger partial charge in [0.1, 0.15) is 5.75 Å². The smallest absolute Gasteiger partial charge is 0.166 e. The predicted molar refractivity (Wildman–Crippen MR) is 75.9 cm³/mol. The maximum absolute atomic E-state index is 12.0. The highest BCUT2D eigenvalue weighted by Crippen LogP contribution is 2.32. The molecule has 0 aliphatic carbocycles. The monoisotopic (exact) mass is 268 g/mol. The van der Waals surface area contributed by atoms with Gasteiger partial charge in [0, 0.05) is 11.4 Å². The molecular formula is C15H21ClO2. The van der Waals surface area contributed by atoms with Gasteiger partial charge in [-0.1, -0.05) is 32.4 Å². The van der Waals surface area contributed by atoms with Crippen molar-refractivity contribution < 1.29 is 9.53 Å². The van der Waals surface area contributed by atoms with Crippen LogP contribution in [0.1, 0.15) is 48.7 Å². The number of aryl methyl sites for hydroxylation is 1. The second kappa shape index (κ2) is 6.24. The molecule has 0 radical (unpaired) electrons. The number of benzene rings is 1. The summed E-state index contributed by atoms with van der Waals surface area (Å²) in [5, 5.41) is 0.656. The van der Waals surface area contributed by atoms with E-state index < -0.39 is 0 Å². The van der Waals surface area contributed by atoms with Crippen molar-refractivity contribution in [3.8, 4) is 5.75 Å². The van der Waals surface area contributed by atoms with E-state index in [4.69, 9.17) is 16.3 Å². The van der Waals surface area contributed by atoms with Gasteiger partial charge in [-0.3, -0.25) is 4.79 Å². The number of ketones is 1. The first-order valence-electron chi connectivity index (χ1n) is 6.34. The molecule has 0 atom stereocenters. The Morgan fingerprint density at radius 1 is 1.39 bits per heavy atom. The van der Waals surface area contributed by atoms with Crippen LogP contribution >= 0.6 is 11.6 Å². The highest BCUT2D eigenvalue weighted by atomic mass is 35.5. The van der Waals surface area contributed by atoms with Crippen molar-refractivity contribution in [1.29, 1.82) is 0 Å². The van der Waals surface area contributed by atoms with Crippen LogP contribution in [0, 0.1) is 19.8 Å². The van der Waals surface area contributed by atoms with E-state index in [9.17, 15) is 4.79 Å². The van der Waals surface area contributed by atoms with Crippen molar-refractivity contribution in [3.05, 3.63) is 27.8 Å². The Morgan fingerprint density at radius 3 is 2.50 bits per heavy atom. The topological polar surface area (TPSA) is 26.3 Å². The Labute approximate surface area is 114 Å². The number of hydrogen-bond donors (Lipinski definition) is 0. The molecule has 0 fully saturated rings. The molecular weight excluding hydrogens is 248 g/mol. The minimum atomic E-state index is 0.0770. The summed E-state index contributed by atoms with van der Waals surface area (Å²) in [6.07, 6.45) is 0.457. The molecule has 0 amide bonds. The molecule has 0 heterocycles. The molecule has 0 aromatic heterocycles. The van der Waals surface area contributed by atoms with Gasteiger partial charge in [0.05, 0.1) is 12.2 Å². The Morgan fingerprint density at radius 2 is 2.00 bits per heavy atom. The summed E-state index contributed by atoms with van der Waals surface area (Å²) in [6, 6.07) is 1.86. The van der Waals surface area contributed by atoms with Crippen molar-refractivity contribution >= 4 is 17.4 Å². The second-order valence-corrected chi connectivity index (χ2v) is 5.37. The molecule has 3 heteroatoms. The van der Waals surface area contributed by atoms with Crippen LogP contribution in [0.2, 0.25) is 5.02 Å². The minimum Gasteiger partial charge on any atom is -0.493 e. The molecule has 1 aromatic carbocycles. The fourth-order valence-corrected chi connectivity index (χ4v) is 1.97. The Hall–Kier alpha value is -1.02. The van der Waals surface area contributed by atoms with Crippen LogP contribution in [-0.4, -0.2) is 12.4 Å². The van der Waals surface area contributed by atoms with E-state index in [0.29, 0.717) is 35.3 Å². The maximum Gasteiger partial charge on any atom is 0.166 e.